The second kappa shape index (κ2) is 12.6. The molecule has 0 atom stereocenters. The Balaban J connectivity index is 1.15. The highest BCUT2D eigenvalue weighted by Gasteiger charge is 2.15. The van der Waals surface area contributed by atoms with Gasteiger partial charge in [0.1, 0.15) is 17.2 Å². The Morgan fingerprint density at radius 1 is 1.02 bits per heavy atom. The molecule has 2 N–H and O–H groups in total. The fourth-order valence-corrected chi connectivity index (χ4v) is 5.11. The van der Waals surface area contributed by atoms with Crippen molar-refractivity contribution in [3.05, 3.63) is 90.3 Å². The van der Waals surface area contributed by atoms with Gasteiger partial charge in [0.15, 0.2) is 0 Å². The number of benzene rings is 2. The molecule has 2 aromatic carbocycles. The Bertz CT molecular complexity index is 1770. The Morgan fingerprint density at radius 2 is 1.84 bits per heavy atom. The van der Waals surface area contributed by atoms with Gasteiger partial charge in [0.25, 0.3) is 5.91 Å². The van der Waals surface area contributed by atoms with Gasteiger partial charge in [-0.1, -0.05) is 12.1 Å². The summed E-state index contributed by atoms with van der Waals surface area (Å²) < 4.78 is 27.2. The first kappa shape index (κ1) is 28.3. The van der Waals surface area contributed by atoms with Gasteiger partial charge in [0, 0.05) is 69.5 Å². The molecule has 3 aromatic heterocycles. The smallest absolute Gasteiger partial charge is 0.270 e. The summed E-state index contributed by atoms with van der Waals surface area (Å²) in [6, 6.07) is 18.0. The van der Waals surface area contributed by atoms with Gasteiger partial charge in [-0.2, -0.15) is 4.39 Å². The van der Waals surface area contributed by atoms with Crippen molar-refractivity contribution in [3.63, 3.8) is 0 Å². The number of carbonyl (C=O) groups is 1. The Labute approximate surface area is 248 Å². The molecular formula is C32H32FN7O3. The van der Waals surface area contributed by atoms with Crippen LogP contribution in [0.5, 0.6) is 11.5 Å². The number of nitrogens with one attached hydrogen (secondary N) is 2. The molecule has 0 bridgehead atoms. The number of nitrogens with zero attached hydrogens (tertiary/aromatic N) is 5. The maximum atomic E-state index is 13.8. The molecule has 220 valence electrons. The van der Waals surface area contributed by atoms with Crippen LogP contribution in [0.3, 0.4) is 0 Å². The third kappa shape index (κ3) is 6.47. The molecule has 0 saturated carbocycles. The molecule has 1 amide bonds. The summed E-state index contributed by atoms with van der Waals surface area (Å²) in [7, 11) is 1.93. The summed E-state index contributed by atoms with van der Waals surface area (Å²) in [6.45, 7) is 6.47. The van der Waals surface area contributed by atoms with Gasteiger partial charge in [-0.15, -0.1) is 0 Å². The van der Waals surface area contributed by atoms with Gasteiger partial charge < -0.3 is 24.7 Å². The van der Waals surface area contributed by atoms with Crippen LogP contribution in [-0.2, 0) is 11.8 Å². The maximum Gasteiger partial charge on any atom is 0.270 e. The second-order valence-corrected chi connectivity index (χ2v) is 10.3. The van der Waals surface area contributed by atoms with Crippen molar-refractivity contribution >= 4 is 28.6 Å². The average Bonchev–Trinajstić information content (AvgIpc) is 3.32. The van der Waals surface area contributed by atoms with E-state index in [1.807, 2.05) is 54.9 Å². The third-order valence-corrected chi connectivity index (χ3v) is 7.49. The van der Waals surface area contributed by atoms with Crippen molar-refractivity contribution in [2.75, 3.05) is 44.7 Å². The molecule has 0 unspecified atom stereocenters. The van der Waals surface area contributed by atoms with Crippen molar-refractivity contribution in [2.45, 2.75) is 6.92 Å². The molecule has 1 aliphatic heterocycles. The van der Waals surface area contributed by atoms with Crippen molar-refractivity contribution < 1.29 is 18.7 Å². The number of carbonyl (C=O) groups excluding carboxylic acids is 1. The molecule has 4 heterocycles. The van der Waals surface area contributed by atoms with Crippen LogP contribution in [0.1, 0.15) is 16.1 Å². The van der Waals surface area contributed by atoms with E-state index in [0.717, 1.165) is 66.3 Å². The number of ether oxygens (including phenoxy) is 2. The topological polar surface area (TPSA) is 106 Å². The van der Waals surface area contributed by atoms with Crippen molar-refractivity contribution in [1.29, 1.82) is 0 Å². The second-order valence-electron chi connectivity index (χ2n) is 10.3. The van der Waals surface area contributed by atoms with E-state index in [1.54, 1.807) is 24.4 Å². The van der Waals surface area contributed by atoms with Crippen LogP contribution in [0.4, 0.5) is 16.0 Å². The molecule has 43 heavy (non-hydrogen) atoms. The average molecular weight is 582 g/mol. The predicted molar refractivity (Wildman–Crippen MR) is 162 cm³/mol. The lowest BCUT2D eigenvalue weighted by molar-refractivity contribution is 0.0383. The zero-order valence-corrected chi connectivity index (χ0v) is 24.0. The lowest BCUT2D eigenvalue weighted by Crippen LogP contribution is -2.41. The number of amides is 1. The number of anilines is 2. The molecule has 11 heteroatoms. The molecule has 10 nitrogen and oxygen atoms in total. The minimum Gasteiger partial charge on any atom is -0.457 e. The van der Waals surface area contributed by atoms with Gasteiger partial charge in [0.05, 0.1) is 24.2 Å². The number of rotatable bonds is 9. The van der Waals surface area contributed by atoms with Gasteiger partial charge in [-0.25, -0.2) is 9.97 Å². The molecule has 1 saturated heterocycles. The third-order valence-electron chi connectivity index (χ3n) is 7.49. The number of pyridine rings is 2. The van der Waals surface area contributed by atoms with E-state index in [0.29, 0.717) is 24.0 Å². The van der Waals surface area contributed by atoms with Crippen LogP contribution in [0.15, 0.2) is 73.1 Å². The lowest BCUT2D eigenvalue weighted by Gasteiger charge is -2.26. The number of morpholine rings is 1. The first-order valence-electron chi connectivity index (χ1n) is 14.1. The number of imidazole rings is 1. The Morgan fingerprint density at radius 3 is 2.67 bits per heavy atom. The predicted octanol–water partition coefficient (Wildman–Crippen LogP) is 5.08. The summed E-state index contributed by atoms with van der Waals surface area (Å²) in [4.78, 5) is 27.6. The summed E-state index contributed by atoms with van der Waals surface area (Å²) in [5.41, 5.74) is 5.42. The highest BCUT2D eigenvalue weighted by Crippen LogP contribution is 2.32. The molecular weight excluding hydrogens is 549 g/mol. The molecule has 1 aliphatic rings. The minimum absolute atomic E-state index is 0.247. The summed E-state index contributed by atoms with van der Waals surface area (Å²) in [6.07, 6.45) is 3.02. The summed E-state index contributed by atoms with van der Waals surface area (Å²) in [5.74, 6) is 0.965. The van der Waals surface area contributed by atoms with E-state index in [-0.39, 0.29) is 11.6 Å². The summed E-state index contributed by atoms with van der Waals surface area (Å²) in [5, 5.41) is 6.35. The zero-order valence-electron chi connectivity index (χ0n) is 24.0. The van der Waals surface area contributed by atoms with Crippen molar-refractivity contribution in [2.24, 2.45) is 7.05 Å². The van der Waals surface area contributed by atoms with Gasteiger partial charge in [-0.3, -0.25) is 14.7 Å². The van der Waals surface area contributed by atoms with Gasteiger partial charge in [0.2, 0.25) is 11.9 Å². The van der Waals surface area contributed by atoms with E-state index >= 15 is 0 Å². The Hall–Kier alpha value is -4.87. The monoisotopic (exact) mass is 581 g/mol. The SMILES string of the molecule is Cc1c(Nc2nc3cc(Oc4ccnc(C(=O)NCCN5CCOCC5)c4)ccc3n2C)cccc1-c1ccnc(F)c1. The first-order valence-corrected chi connectivity index (χ1v) is 14.1. The van der Waals surface area contributed by atoms with Gasteiger partial charge in [-0.05, 0) is 53.9 Å². The molecule has 0 radical (unpaired) electrons. The number of aryl methyl sites for hydroxylation is 1. The van der Waals surface area contributed by atoms with Crippen molar-refractivity contribution in [1.82, 2.24) is 29.7 Å². The molecule has 1 fully saturated rings. The number of hydrogen-bond acceptors (Lipinski definition) is 8. The van der Waals surface area contributed by atoms with Crippen LogP contribution < -0.4 is 15.4 Å². The number of fused-ring (bicyclic) bond motifs is 1. The quantitative estimate of drug-likeness (QED) is 0.232. The van der Waals surface area contributed by atoms with E-state index in [1.165, 1.54) is 12.3 Å². The van der Waals surface area contributed by atoms with Crippen LogP contribution in [0.2, 0.25) is 0 Å². The van der Waals surface area contributed by atoms with Crippen LogP contribution in [-0.4, -0.2) is 69.7 Å². The molecule has 5 aromatic rings. The first-order chi connectivity index (χ1) is 20.9. The highest BCUT2D eigenvalue weighted by molar-refractivity contribution is 5.92. The molecule has 6 rings (SSSR count). The van der Waals surface area contributed by atoms with E-state index in [4.69, 9.17) is 14.5 Å². The number of halogens is 1. The zero-order chi connectivity index (χ0) is 29.8. The molecule has 0 spiro atoms. The standard InChI is InChI=1S/C32H32FN7O3/c1-21-25(22-8-10-35-30(33)18-22)4-3-5-26(21)37-32-38-27-19-23(6-7-29(27)39(32)2)43-24-9-11-34-28(20-24)31(41)36-12-13-40-14-16-42-17-15-40/h3-11,18-20H,12-17H2,1-2H3,(H,36,41)(H,37,38). The van der Waals surface area contributed by atoms with Crippen molar-refractivity contribution in [3.8, 4) is 22.6 Å². The number of hydrogen-bond donors (Lipinski definition) is 2. The van der Waals surface area contributed by atoms with Crippen LogP contribution >= 0.6 is 0 Å². The minimum atomic E-state index is -0.519. The normalized spacial score (nSPS) is 13.7. The van der Waals surface area contributed by atoms with Gasteiger partial charge >= 0.3 is 0 Å². The Kier molecular flexibility index (Phi) is 8.25. The van der Waals surface area contributed by atoms with E-state index in [2.05, 4.69) is 25.5 Å². The largest absolute Gasteiger partial charge is 0.457 e. The van der Waals surface area contributed by atoms with Crippen LogP contribution in [0, 0.1) is 12.9 Å². The fourth-order valence-electron chi connectivity index (χ4n) is 5.11. The fraction of sp³-hybridized carbons (Fsp3) is 0.250. The maximum absolute atomic E-state index is 13.8. The highest BCUT2D eigenvalue weighted by atomic mass is 19.1. The summed E-state index contributed by atoms with van der Waals surface area (Å²) >= 11 is 0. The number of aromatic nitrogens is 4. The van der Waals surface area contributed by atoms with Crippen LogP contribution in [0.25, 0.3) is 22.2 Å². The molecule has 0 aliphatic carbocycles. The van der Waals surface area contributed by atoms with E-state index in [9.17, 15) is 9.18 Å². The van der Waals surface area contributed by atoms with E-state index < -0.39 is 5.95 Å². The lowest BCUT2D eigenvalue weighted by atomic mass is 10.00.